The molecule has 4 nitrogen and oxygen atoms in total. The van der Waals surface area contributed by atoms with Crippen molar-refractivity contribution in [2.45, 2.75) is 19.0 Å². The highest BCUT2D eigenvalue weighted by Crippen LogP contribution is 2.22. The van der Waals surface area contributed by atoms with Gasteiger partial charge in [0.05, 0.1) is 6.61 Å². The molecule has 0 saturated heterocycles. The summed E-state index contributed by atoms with van der Waals surface area (Å²) >= 11 is 0. The summed E-state index contributed by atoms with van der Waals surface area (Å²) in [6, 6.07) is 10.5. The summed E-state index contributed by atoms with van der Waals surface area (Å²) in [6.07, 6.45) is -5.20. The Morgan fingerprint density at radius 2 is 1.81 bits per heavy atom. The zero-order valence-electron chi connectivity index (χ0n) is 11.1. The van der Waals surface area contributed by atoms with Crippen LogP contribution in [-0.2, 0) is 0 Å². The highest BCUT2D eigenvalue weighted by Gasteiger charge is 2.26. The number of nitrogen functional groups attached to an aromatic ring is 1. The average Bonchev–Trinajstić information content (AvgIpc) is 2.43. The lowest BCUT2D eigenvalue weighted by Crippen LogP contribution is -2.10. The SMILES string of the molecule is Nc1cc(OCCCC(F)(F)F)nc(-c2ccccc2)n1. The zero-order chi connectivity index (χ0) is 15.3. The molecule has 0 spiro atoms. The van der Waals surface area contributed by atoms with E-state index in [9.17, 15) is 13.2 Å². The molecule has 0 radical (unpaired) electrons. The van der Waals surface area contributed by atoms with Gasteiger partial charge in [-0.3, -0.25) is 0 Å². The molecule has 0 aliphatic carbocycles. The number of anilines is 1. The van der Waals surface area contributed by atoms with Crippen molar-refractivity contribution in [2.75, 3.05) is 12.3 Å². The van der Waals surface area contributed by atoms with Crippen LogP contribution in [-0.4, -0.2) is 22.8 Å². The molecular formula is C14H14F3N3O. The number of nitrogens with two attached hydrogens (primary N) is 1. The highest BCUT2D eigenvalue weighted by atomic mass is 19.4. The molecule has 0 aliphatic rings. The third-order valence-electron chi connectivity index (χ3n) is 2.61. The average molecular weight is 297 g/mol. The van der Waals surface area contributed by atoms with Gasteiger partial charge in [0, 0.05) is 18.1 Å². The molecule has 7 heteroatoms. The minimum atomic E-state index is -4.18. The number of rotatable bonds is 5. The number of hydrogen-bond acceptors (Lipinski definition) is 4. The third-order valence-corrected chi connectivity index (χ3v) is 2.61. The first-order chi connectivity index (χ1) is 9.94. The molecule has 1 heterocycles. The zero-order valence-corrected chi connectivity index (χ0v) is 11.1. The third kappa shape index (κ3) is 4.94. The largest absolute Gasteiger partial charge is 0.478 e. The van der Waals surface area contributed by atoms with Crippen molar-refractivity contribution in [3.63, 3.8) is 0 Å². The Labute approximate surface area is 119 Å². The van der Waals surface area contributed by atoms with Crippen LogP contribution in [0.5, 0.6) is 5.88 Å². The van der Waals surface area contributed by atoms with E-state index < -0.39 is 12.6 Å². The Kier molecular flexibility index (Phi) is 4.62. The molecule has 0 bridgehead atoms. The standard InChI is InChI=1S/C14H14F3N3O/c15-14(16,17)7-4-8-21-12-9-11(18)19-13(20-12)10-5-2-1-3-6-10/h1-3,5-6,9H,4,7-8H2,(H2,18,19,20). The normalized spacial score (nSPS) is 11.4. The summed E-state index contributed by atoms with van der Waals surface area (Å²) in [5, 5.41) is 0. The molecule has 0 unspecified atom stereocenters. The van der Waals surface area contributed by atoms with Crippen LogP contribution in [0.25, 0.3) is 11.4 Å². The number of nitrogens with zero attached hydrogens (tertiary/aromatic N) is 2. The smallest absolute Gasteiger partial charge is 0.389 e. The first kappa shape index (κ1) is 15.1. The summed E-state index contributed by atoms with van der Waals surface area (Å²) in [5.74, 6) is 0.750. The second-order valence-electron chi connectivity index (χ2n) is 4.39. The molecule has 2 aromatic rings. The summed E-state index contributed by atoms with van der Waals surface area (Å²) in [7, 11) is 0. The number of ether oxygens (including phenoxy) is 1. The molecule has 0 fully saturated rings. The summed E-state index contributed by atoms with van der Waals surface area (Å²) in [5.41, 5.74) is 6.41. The fraction of sp³-hybridized carbons (Fsp3) is 0.286. The number of benzene rings is 1. The minimum absolute atomic E-state index is 0.0792. The molecular weight excluding hydrogens is 283 g/mol. The van der Waals surface area contributed by atoms with Crippen molar-refractivity contribution in [1.29, 1.82) is 0 Å². The molecule has 21 heavy (non-hydrogen) atoms. The van der Waals surface area contributed by atoms with Crippen LogP contribution in [0.2, 0.25) is 0 Å². The first-order valence-electron chi connectivity index (χ1n) is 6.33. The van der Waals surface area contributed by atoms with E-state index >= 15 is 0 Å². The van der Waals surface area contributed by atoms with Gasteiger partial charge in [-0.05, 0) is 6.42 Å². The van der Waals surface area contributed by atoms with Gasteiger partial charge in [0.25, 0.3) is 0 Å². The molecule has 0 atom stereocenters. The van der Waals surface area contributed by atoms with Crippen molar-refractivity contribution in [1.82, 2.24) is 9.97 Å². The van der Waals surface area contributed by atoms with Crippen molar-refractivity contribution in [2.24, 2.45) is 0 Å². The second kappa shape index (κ2) is 6.43. The van der Waals surface area contributed by atoms with Gasteiger partial charge < -0.3 is 10.5 Å². The maximum atomic E-state index is 12.0. The van der Waals surface area contributed by atoms with Crippen molar-refractivity contribution >= 4 is 5.82 Å². The molecule has 1 aromatic heterocycles. The van der Waals surface area contributed by atoms with Crippen LogP contribution < -0.4 is 10.5 Å². The molecule has 0 amide bonds. The fourth-order valence-electron chi connectivity index (χ4n) is 1.68. The Morgan fingerprint density at radius 1 is 1.10 bits per heavy atom. The number of hydrogen-bond donors (Lipinski definition) is 1. The van der Waals surface area contributed by atoms with Crippen LogP contribution in [0.15, 0.2) is 36.4 Å². The molecule has 112 valence electrons. The van der Waals surface area contributed by atoms with E-state index in [0.717, 1.165) is 5.56 Å². The van der Waals surface area contributed by atoms with E-state index in [4.69, 9.17) is 10.5 Å². The summed E-state index contributed by atoms with van der Waals surface area (Å²) in [4.78, 5) is 8.22. The van der Waals surface area contributed by atoms with Crippen molar-refractivity contribution in [3.8, 4) is 17.3 Å². The van der Waals surface area contributed by atoms with Gasteiger partial charge in [0.15, 0.2) is 5.82 Å². The number of alkyl halides is 3. The van der Waals surface area contributed by atoms with E-state index in [2.05, 4.69) is 9.97 Å². The lowest BCUT2D eigenvalue weighted by molar-refractivity contribution is -0.136. The van der Waals surface area contributed by atoms with E-state index in [1.807, 2.05) is 30.3 Å². The van der Waals surface area contributed by atoms with E-state index in [1.165, 1.54) is 6.07 Å². The van der Waals surface area contributed by atoms with Crippen LogP contribution >= 0.6 is 0 Å². The molecule has 0 saturated carbocycles. The van der Waals surface area contributed by atoms with Gasteiger partial charge in [-0.2, -0.15) is 18.2 Å². The molecule has 2 N–H and O–H groups in total. The Balaban J connectivity index is 2.03. The lowest BCUT2D eigenvalue weighted by atomic mass is 10.2. The Hall–Kier alpha value is -2.31. The van der Waals surface area contributed by atoms with Gasteiger partial charge in [0.2, 0.25) is 5.88 Å². The molecule has 0 aliphatic heterocycles. The Morgan fingerprint density at radius 3 is 2.48 bits per heavy atom. The monoisotopic (exact) mass is 297 g/mol. The van der Waals surface area contributed by atoms with E-state index in [-0.39, 0.29) is 24.7 Å². The topological polar surface area (TPSA) is 61.0 Å². The first-order valence-corrected chi connectivity index (χ1v) is 6.33. The van der Waals surface area contributed by atoms with Gasteiger partial charge in [-0.25, -0.2) is 4.98 Å². The van der Waals surface area contributed by atoms with Crippen LogP contribution in [0.3, 0.4) is 0 Å². The maximum Gasteiger partial charge on any atom is 0.389 e. The van der Waals surface area contributed by atoms with Crippen LogP contribution in [0, 0.1) is 0 Å². The maximum absolute atomic E-state index is 12.0. The van der Waals surface area contributed by atoms with Gasteiger partial charge in [-0.1, -0.05) is 30.3 Å². The van der Waals surface area contributed by atoms with Gasteiger partial charge >= 0.3 is 6.18 Å². The van der Waals surface area contributed by atoms with Crippen LogP contribution in [0.1, 0.15) is 12.8 Å². The molecule has 1 aromatic carbocycles. The van der Waals surface area contributed by atoms with E-state index in [0.29, 0.717) is 5.82 Å². The predicted molar refractivity (Wildman–Crippen MR) is 72.7 cm³/mol. The van der Waals surface area contributed by atoms with Crippen LogP contribution in [0.4, 0.5) is 19.0 Å². The molecule has 2 rings (SSSR count). The van der Waals surface area contributed by atoms with Crippen molar-refractivity contribution in [3.05, 3.63) is 36.4 Å². The highest BCUT2D eigenvalue weighted by molar-refractivity contribution is 5.57. The van der Waals surface area contributed by atoms with E-state index in [1.54, 1.807) is 0 Å². The summed E-state index contributed by atoms with van der Waals surface area (Å²) in [6.45, 7) is -0.0792. The van der Waals surface area contributed by atoms with Crippen molar-refractivity contribution < 1.29 is 17.9 Å². The summed E-state index contributed by atoms with van der Waals surface area (Å²) < 4.78 is 41.3. The minimum Gasteiger partial charge on any atom is -0.478 e. The van der Waals surface area contributed by atoms with Gasteiger partial charge in [-0.15, -0.1) is 0 Å². The Bertz CT molecular complexity index is 588. The fourth-order valence-corrected chi connectivity index (χ4v) is 1.68. The number of halogens is 3. The van der Waals surface area contributed by atoms with Gasteiger partial charge in [0.1, 0.15) is 5.82 Å². The predicted octanol–water partition coefficient (Wildman–Crippen LogP) is 3.45. The number of aromatic nitrogens is 2. The lowest BCUT2D eigenvalue weighted by Gasteiger charge is -2.09. The quantitative estimate of drug-likeness (QED) is 0.859. The second-order valence-corrected chi connectivity index (χ2v) is 4.39.